The minimum Gasteiger partial charge on any atom is -0.493 e. The Morgan fingerprint density at radius 2 is 1.75 bits per heavy atom. The summed E-state index contributed by atoms with van der Waals surface area (Å²) in [6.45, 7) is 3.26. The quantitative estimate of drug-likeness (QED) is 0.447. The summed E-state index contributed by atoms with van der Waals surface area (Å²) >= 11 is 5.91. The van der Waals surface area contributed by atoms with Crippen LogP contribution in [0.25, 0.3) is 0 Å². The van der Waals surface area contributed by atoms with Gasteiger partial charge in [-0.2, -0.15) is 4.31 Å². The Kier molecular flexibility index (Phi) is 8.11. The van der Waals surface area contributed by atoms with E-state index < -0.39 is 15.9 Å². The van der Waals surface area contributed by atoms with E-state index in [9.17, 15) is 18.0 Å². The van der Waals surface area contributed by atoms with Crippen molar-refractivity contribution < 1.29 is 22.7 Å². The number of carbonyl (C=O) groups is 2. The number of halogens is 1. The second-order valence-corrected chi connectivity index (χ2v) is 9.87. The number of hydrazine groups is 1. The SMILES string of the molecule is Cc1cc(Cl)ccc1OCCCC(=O)NNC(=O)c1ccc(S(=O)(=O)N2CCCC2)cc1. The van der Waals surface area contributed by atoms with E-state index in [1.807, 2.05) is 6.92 Å². The number of aryl methyl sites for hydroxylation is 1. The van der Waals surface area contributed by atoms with Gasteiger partial charge in [-0.05, 0) is 74.2 Å². The van der Waals surface area contributed by atoms with Gasteiger partial charge in [0.2, 0.25) is 15.9 Å². The molecule has 2 amide bonds. The molecular weight excluding hydrogens is 454 g/mol. The first-order valence-electron chi connectivity index (χ1n) is 10.4. The van der Waals surface area contributed by atoms with E-state index in [0.29, 0.717) is 36.9 Å². The molecule has 10 heteroatoms. The Balaban J connectivity index is 1.41. The van der Waals surface area contributed by atoms with E-state index >= 15 is 0 Å². The predicted octanol–water partition coefficient (Wildman–Crippen LogP) is 3.05. The Morgan fingerprint density at radius 3 is 2.41 bits per heavy atom. The molecule has 1 heterocycles. The average Bonchev–Trinajstić information content (AvgIpc) is 3.32. The molecule has 0 atom stereocenters. The van der Waals surface area contributed by atoms with E-state index in [1.54, 1.807) is 18.2 Å². The van der Waals surface area contributed by atoms with E-state index in [2.05, 4.69) is 10.9 Å². The number of rotatable bonds is 8. The second-order valence-electron chi connectivity index (χ2n) is 7.50. The molecule has 172 valence electrons. The van der Waals surface area contributed by atoms with E-state index in [1.165, 1.54) is 28.6 Å². The van der Waals surface area contributed by atoms with Crippen molar-refractivity contribution in [1.82, 2.24) is 15.2 Å². The fourth-order valence-corrected chi connectivity index (χ4v) is 5.05. The number of hydrogen-bond donors (Lipinski definition) is 2. The van der Waals surface area contributed by atoms with Crippen LogP contribution in [-0.2, 0) is 14.8 Å². The Morgan fingerprint density at radius 1 is 1.06 bits per heavy atom. The summed E-state index contributed by atoms with van der Waals surface area (Å²) in [5.41, 5.74) is 5.84. The first kappa shape index (κ1) is 24.0. The topological polar surface area (TPSA) is 105 Å². The van der Waals surface area contributed by atoms with Gasteiger partial charge in [-0.25, -0.2) is 8.42 Å². The van der Waals surface area contributed by atoms with Crippen molar-refractivity contribution in [1.29, 1.82) is 0 Å². The Hall–Kier alpha value is -2.62. The molecule has 2 aromatic rings. The monoisotopic (exact) mass is 479 g/mol. The van der Waals surface area contributed by atoms with Gasteiger partial charge in [0.1, 0.15) is 5.75 Å². The lowest BCUT2D eigenvalue weighted by Crippen LogP contribution is -2.41. The standard InChI is InChI=1S/C22H26ClN3O5S/c1-16-15-18(23)8-11-20(16)31-14-4-5-21(27)24-25-22(28)17-6-9-19(10-7-17)32(29,30)26-12-2-3-13-26/h6-11,15H,2-5,12-14H2,1H3,(H,24,27)(H,25,28). The van der Waals surface area contributed by atoms with Gasteiger partial charge in [0, 0.05) is 30.1 Å². The normalized spacial score (nSPS) is 14.2. The fraction of sp³-hybridized carbons (Fsp3) is 0.364. The molecule has 3 rings (SSSR count). The number of nitrogens with one attached hydrogen (secondary N) is 2. The van der Waals surface area contributed by atoms with Crippen LogP contribution in [0, 0.1) is 6.92 Å². The maximum atomic E-state index is 12.5. The largest absolute Gasteiger partial charge is 0.493 e. The van der Waals surface area contributed by atoms with Crippen LogP contribution >= 0.6 is 11.6 Å². The molecule has 32 heavy (non-hydrogen) atoms. The van der Waals surface area contributed by atoms with Crippen LogP contribution < -0.4 is 15.6 Å². The Labute approximate surface area is 192 Å². The van der Waals surface area contributed by atoms with Crippen molar-refractivity contribution in [2.45, 2.75) is 37.5 Å². The molecule has 0 unspecified atom stereocenters. The fourth-order valence-electron chi connectivity index (χ4n) is 3.31. The minimum absolute atomic E-state index is 0.149. The van der Waals surface area contributed by atoms with Gasteiger partial charge in [0.15, 0.2) is 0 Å². The first-order chi connectivity index (χ1) is 15.3. The molecule has 1 fully saturated rings. The summed E-state index contributed by atoms with van der Waals surface area (Å²) in [7, 11) is -3.53. The van der Waals surface area contributed by atoms with Gasteiger partial charge in [0.25, 0.3) is 5.91 Å². The average molecular weight is 480 g/mol. The molecule has 1 saturated heterocycles. The van der Waals surface area contributed by atoms with Crippen molar-refractivity contribution in [3.05, 3.63) is 58.6 Å². The molecule has 0 radical (unpaired) electrons. The molecule has 0 aromatic heterocycles. The highest BCUT2D eigenvalue weighted by Gasteiger charge is 2.27. The predicted molar refractivity (Wildman–Crippen MR) is 121 cm³/mol. The summed E-state index contributed by atoms with van der Waals surface area (Å²) < 4.78 is 32.1. The summed E-state index contributed by atoms with van der Waals surface area (Å²) in [5, 5.41) is 0.632. The number of benzene rings is 2. The van der Waals surface area contributed by atoms with Crippen LogP contribution in [0.4, 0.5) is 0 Å². The highest BCUT2D eigenvalue weighted by molar-refractivity contribution is 7.89. The van der Waals surface area contributed by atoms with Crippen LogP contribution in [0.15, 0.2) is 47.4 Å². The zero-order chi connectivity index (χ0) is 23.1. The molecule has 0 bridgehead atoms. The zero-order valence-corrected chi connectivity index (χ0v) is 19.3. The lowest BCUT2D eigenvalue weighted by atomic mass is 10.2. The van der Waals surface area contributed by atoms with Crippen molar-refractivity contribution >= 4 is 33.4 Å². The molecule has 1 aliphatic rings. The van der Waals surface area contributed by atoms with Gasteiger partial charge in [-0.15, -0.1) is 0 Å². The van der Waals surface area contributed by atoms with Crippen molar-refractivity contribution in [3.8, 4) is 5.75 Å². The Bertz CT molecular complexity index is 1070. The lowest BCUT2D eigenvalue weighted by Gasteiger charge is -2.15. The highest BCUT2D eigenvalue weighted by atomic mass is 35.5. The highest BCUT2D eigenvalue weighted by Crippen LogP contribution is 2.22. The summed E-state index contributed by atoms with van der Waals surface area (Å²) in [6.07, 6.45) is 2.34. The van der Waals surface area contributed by atoms with Gasteiger partial charge >= 0.3 is 0 Å². The maximum Gasteiger partial charge on any atom is 0.269 e. The maximum absolute atomic E-state index is 12.5. The summed E-state index contributed by atoms with van der Waals surface area (Å²) in [5.74, 6) is -0.183. The molecular formula is C22H26ClN3O5S. The third-order valence-electron chi connectivity index (χ3n) is 5.08. The third kappa shape index (κ3) is 6.21. The smallest absolute Gasteiger partial charge is 0.269 e. The third-order valence-corrected chi connectivity index (χ3v) is 7.23. The van der Waals surface area contributed by atoms with Gasteiger partial charge in [-0.1, -0.05) is 11.6 Å². The number of carbonyl (C=O) groups excluding carboxylic acids is 2. The second kappa shape index (κ2) is 10.8. The van der Waals surface area contributed by atoms with Gasteiger partial charge in [-0.3, -0.25) is 20.4 Å². The number of hydrogen-bond acceptors (Lipinski definition) is 5. The van der Waals surface area contributed by atoms with E-state index in [0.717, 1.165) is 18.4 Å². The molecule has 0 saturated carbocycles. The molecule has 2 N–H and O–H groups in total. The number of amides is 2. The van der Waals surface area contributed by atoms with Crippen molar-refractivity contribution in [3.63, 3.8) is 0 Å². The molecule has 0 spiro atoms. The number of sulfonamides is 1. The van der Waals surface area contributed by atoms with E-state index in [4.69, 9.17) is 16.3 Å². The van der Waals surface area contributed by atoms with Crippen LogP contribution in [0.5, 0.6) is 5.75 Å². The molecule has 1 aliphatic heterocycles. The lowest BCUT2D eigenvalue weighted by molar-refractivity contribution is -0.122. The molecule has 0 aliphatic carbocycles. The molecule has 8 nitrogen and oxygen atoms in total. The van der Waals surface area contributed by atoms with Crippen LogP contribution in [0.3, 0.4) is 0 Å². The van der Waals surface area contributed by atoms with Crippen LogP contribution in [0.2, 0.25) is 5.02 Å². The first-order valence-corrected chi connectivity index (χ1v) is 12.2. The minimum atomic E-state index is -3.53. The van der Waals surface area contributed by atoms with Crippen LogP contribution in [-0.4, -0.2) is 44.2 Å². The molecule has 2 aromatic carbocycles. The summed E-state index contributed by atoms with van der Waals surface area (Å²) in [6, 6.07) is 11.0. The van der Waals surface area contributed by atoms with Crippen molar-refractivity contribution in [2.24, 2.45) is 0 Å². The van der Waals surface area contributed by atoms with Gasteiger partial charge < -0.3 is 4.74 Å². The summed E-state index contributed by atoms with van der Waals surface area (Å²) in [4.78, 5) is 24.3. The number of nitrogens with zero attached hydrogens (tertiary/aromatic N) is 1. The van der Waals surface area contributed by atoms with Crippen LogP contribution in [0.1, 0.15) is 41.6 Å². The van der Waals surface area contributed by atoms with Crippen molar-refractivity contribution in [2.75, 3.05) is 19.7 Å². The number of ether oxygens (including phenoxy) is 1. The van der Waals surface area contributed by atoms with Gasteiger partial charge in [0.05, 0.1) is 11.5 Å². The zero-order valence-electron chi connectivity index (χ0n) is 17.8. The van der Waals surface area contributed by atoms with E-state index in [-0.39, 0.29) is 22.8 Å².